The third-order valence-corrected chi connectivity index (χ3v) is 3.76. The lowest BCUT2D eigenvalue weighted by atomic mass is 9.91. The zero-order valence-corrected chi connectivity index (χ0v) is 12.5. The van der Waals surface area contributed by atoms with E-state index in [2.05, 4.69) is 0 Å². The number of likely N-dealkylation sites (tertiary alicyclic amines) is 1. The molecular formula is C13H22N2O3S. The van der Waals surface area contributed by atoms with E-state index in [0.29, 0.717) is 13.1 Å². The first-order valence-electron chi connectivity index (χ1n) is 6.54. The fourth-order valence-electron chi connectivity index (χ4n) is 2.47. The Morgan fingerprint density at radius 2 is 2.05 bits per heavy atom. The normalized spacial score (nSPS) is 21.1. The fraction of sp³-hybridized carbons (Fsp3) is 0.769. The summed E-state index contributed by atoms with van der Waals surface area (Å²) in [5.74, 6) is -0.957. The molecule has 0 spiro atoms. The van der Waals surface area contributed by atoms with Crippen molar-refractivity contribution in [2.24, 2.45) is 23.5 Å². The van der Waals surface area contributed by atoms with Gasteiger partial charge in [0.2, 0.25) is 5.91 Å². The number of methoxy groups -OCH3 is 1. The third kappa shape index (κ3) is 3.89. The number of carbonyl (C=O) groups excluding carboxylic acids is 2. The monoisotopic (exact) mass is 286 g/mol. The lowest BCUT2D eigenvalue weighted by Crippen LogP contribution is -2.48. The van der Waals surface area contributed by atoms with Crippen LogP contribution in [-0.2, 0) is 14.3 Å². The molecular weight excluding hydrogens is 264 g/mol. The highest BCUT2D eigenvalue weighted by molar-refractivity contribution is 7.80. The van der Waals surface area contributed by atoms with Gasteiger partial charge in [-0.25, -0.2) is 0 Å². The van der Waals surface area contributed by atoms with Crippen molar-refractivity contribution in [1.29, 1.82) is 0 Å². The van der Waals surface area contributed by atoms with E-state index in [9.17, 15) is 9.59 Å². The van der Waals surface area contributed by atoms with Gasteiger partial charge in [0.1, 0.15) is 0 Å². The molecule has 1 fully saturated rings. The Morgan fingerprint density at radius 3 is 2.53 bits per heavy atom. The van der Waals surface area contributed by atoms with E-state index in [1.807, 2.05) is 13.8 Å². The molecule has 1 aliphatic heterocycles. The maximum absolute atomic E-state index is 12.4. The van der Waals surface area contributed by atoms with Gasteiger partial charge in [0.25, 0.3) is 0 Å². The van der Waals surface area contributed by atoms with Gasteiger partial charge in [0.15, 0.2) is 0 Å². The van der Waals surface area contributed by atoms with Crippen LogP contribution in [0.4, 0.5) is 0 Å². The molecule has 0 aromatic heterocycles. The number of nitrogens with two attached hydrogens (primary N) is 1. The SMILES string of the molecule is COC(=O)C1CCCN(C(=O)C(C(N)=S)C(C)C)C1. The minimum Gasteiger partial charge on any atom is -0.469 e. The second-order valence-corrected chi connectivity index (χ2v) is 5.74. The second kappa shape index (κ2) is 6.84. The average molecular weight is 286 g/mol. The van der Waals surface area contributed by atoms with E-state index in [1.165, 1.54) is 7.11 Å². The molecule has 0 saturated carbocycles. The Balaban J connectivity index is 2.76. The van der Waals surface area contributed by atoms with Gasteiger partial charge in [-0.3, -0.25) is 9.59 Å². The van der Waals surface area contributed by atoms with Gasteiger partial charge in [-0.2, -0.15) is 0 Å². The molecule has 6 heteroatoms. The molecule has 2 atom stereocenters. The van der Waals surface area contributed by atoms with Gasteiger partial charge in [-0.1, -0.05) is 26.1 Å². The Kier molecular flexibility index (Phi) is 5.72. The molecule has 1 saturated heterocycles. The molecule has 0 aliphatic carbocycles. The summed E-state index contributed by atoms with van der Waals surface area (Å²) in [5, 5.41) is 0. The molecule has 1 rings (SSSR count). The van der Waals surface area contributed by atoms with Crippen molar-refractivity contribution in [3.05, 3.63) is 0 Å². The lowest BCUT2D eigenvalue weighted by Gasteiger charge is -2.34. The van der Waals surface area contributed by atoms with Gasteiger partial charge < -0.3 is 15.4 Å². The van der Waals surface area contributed by atoms with E-state index in [1.54, 1.807) is 4.90 Å². The number of hydrogen-bond acceptors (Lipinski definition) is 4. The van der Waals surface area contributed by atoms with Gasteiger partial charge in [0.05, 0.1) is 23.9 Å². The third-order valence-electron chi connectivity index (χ3n) is 3.51. The number of hydrogen-bond donors (Lipinski definition) is 1. The zero-order chi connectivity index (χ0) is 14.6. The topological polar surface area (TPSA) is 72.6 Å². The van der Waals surface area contributed by atoms with Crippen LogP contribution in [0.25, 0.3) is 0 Å². The van der Waals surface area contributed by atoms with Crippen molar-refractivity contribution < 1.29 is 14.3 Å². The van der Waals surface area contributed by atoms with Crippen LogP contribution < -0.4 is 5.73 Å². The number of ether oxygens (including phenoxy) is 1. The molecule has 2 N–H and O–H groups in total. The Morgan fingerprint density at radius 1 is 1.42 bits per heavy atom. The van der Waals surface area contributed by atoms with Crippen LogP contribution in [0.15, 0.2) is 0 Å². The molecule has 108 valence electrons. The fourth-order valence-corrected chi connectivity index (χ4v) is 2.84. The summed E-state index contributed by atoms with van der Waals surface area (Å²) in [6, 6.07) is 0. The number of piperidine rings is 1. The summed E-state index contributed by atoms with van der Waals surface area (Å²) in [6.07, 6.45) is 1.56. The smallest absolute Gasteiger partial charge is 0.310 e. The lowest BCUT2D eigenvalue weighted by molar-refractivity contribution is -0.149. The molecule has 1 aliphatic rings. The first-order valence-corrected chi connectivity index (χ1v) is 6.95. The second-order valence-electron chi connectivity index (χ2n) is 5.27. The van der Waals surface area contributed by atoms with Gasteiger partial charge >= 0.3 is 5.97 Å². The molecule has 2 unspecified atom stereocenters. The van der Waals surface area contributed by atoms with E-state index in [-0.39, 0.29) is 28.7 Å². The summed E-state index contributed by atoms with van der Waals surface area (Å²) in [5.41, 5.74) is 5.66. The van der Waals surface area contributed by atoms with Gasteiger partial charge in [0, 0.05) is 13.1 Å². The van der Waals surface area contributed by atoms with Crippen molar-refractivity contribution in [1.82, 2.24) is 4.90 Å². The largest absolute Gasteiger partial charge is 0.469 e. The Labute approximate surface area is 119 Å². The number of nitrogens with zero attached hydrogens (tertiary/aromatic N) is 1. The number of rotatable bonds is 4. The van der Waals surface area contributed by atoms with Crippen LogP contribution in [0.3, 0.4) is 0 Å². The van der Waals surface area contributed by atoms with Crippen LogP contribution in [0.5, 0.6) is 0 Å². The first kappa shape index (κ1) is 15.9. The molecule has 0 radical (unpaired) electrons. The maximum atomic E-state index is 12.4. The molecule has 0 bridgehead atoms. The summed E-state index contributed by atoms with van der Waals surface area (Å²) in [7, 11) is 1.37. The minimum absolute atomic E-state index is 0.0588. The van der Waals surface area contributed by atoms with Crippen molar-refractivity contribution in [3.63, 3.8) is 0 Å². The first-order chi connectivity index (χ1) is 8.88. The Hall–Kier alpha value is -1.17. The average Bonchev–Trinajstić information content (AvgIpc) is 2.37. The van der Waals surface area contributed by atoms with Crippen LogP contribution in [0.1, 0.15) is 26.7 Å². The van der Waals surface area contributed by atoms with E-state index in [4.69, 9.17) is 22.7 Å². The van der Waals surface area contributed by atoms with E-state index >= 15 is 0 Å². The van der Waals surface area contributed by atoms with Crippen LogP contribution >= 0.6 is 12.2 Å². The van der Waals surface area contributed by atoms with Gasteiger partial charge in [-0.05, 0) is 18.8 Å². The van der Waals surface area contributed by atoms with Gasteiger partial charge in [-0.15, -0.1) is 0 Å². The molecule has 1 heterocycles. The predicted molar refractivity (Wildman–Crippen MR) is 76.4 cm³/mol. The highest BCUT2D eigenvalue weighted by atomic mass is 32.1. The molecule has 19 heavy (non-hydrogen) atoms. The molecule has 0 aromatic rings. The van der Waals surface area contributed by atoms with Crippen LogP contribution in [0, 0.1) is 17.8 Å². The minimum atomic E-state index is -0.452. The number of thiocarbonyl (C=S) groups is 1. The van der Waals surface area contributed by atoms with Crippen molar-refractivity contribution >= 4 is 29.1 Å². The number of esters is 1. The molecule has 0 aromatic carbocycles. The summed E-state index contributed by atoms with van der Waals surface area (Å²) in [4.78, 5) is 25.9. The van der Waals surface area contributed by atoms with E-state index in [0.717, 1.165) is 12.8 Å². The summed E-state index contributed by atoms with van der Waals surface area (Å²) in [6.45, 7) is 4.89. The van der Waals surface area contributed by atoms with Crippen molar-refractivity contribution in [3.8, 4) is 0 Å². The van der Waals surface area contributed by atoms with Crippen LogP contribution in [-0.4, -0.2) is 42.0 Å². The molecule has 1 amide bonds. The zero-order valence-electron chi connectivity index (χ0n) is 11.7. The predicted octanol–water partition coefficient (Wildman–Crippen LogP) is 0.956. The maximum Gasteiger partial charge on any atom is 0.310 e. The summed E-state index contributed by atoms with van der Waals surface area (Å²) >= 11 is 4.98. The number of amides is 1. The number of carbonyl (C=O) groups is 2. The standard InChI is InChI=1S/C13H22N2O3S/c1-8(2)10(11(14)19)12(16)15-6-4-5-9(7-15)13(17)18-3/h8-10H,4-7H2,1-3H3,(H2,14,19). The summed E-state index contributed by atoms with van der Waals surface area (Å²) < 4.78 is 4.75. The van der Waals surface area contributed by atoms with Crippen molar-refractivity contribution in [2.75, 3.05) is 20.2 Å². The highest BCUT2D eigenvalue weighted by Crippen LogP contribution is 2.22. The highest BCUT2D eigenvalue weighted by Gasteiger charge is 2.34. The molecule has 5 nitrogen and oxygen atoms in total. The quantitative estimate of drug-likeness (QED) is 0.615. The van der Waals surface area contributed by atoms with E-state index < -0.39 is 5.92 Å². The Bertz CT molecular complexity index is 371. The van der Waals surface area contributed by atoms with Crippen LogP contribution in [0.2, 0.25) is 0 Å². The van der Waals surface area contributed by atoms with Crippen molar-refractivity contribution in [2.45, 2.75) is 26.7 Å².